The molecular formula is C38H68S4Te4. The Hall–Kier alpha value is 3.78. The monoisotopic (exact) mass is 1170 g/mol. The predicted molar refractivity (Wildman–Crippen MR) is 227 cm³/mol. The molecule has 268 valence electrons. The Morgan fingerprint density at radius 3 is 0.696 bits per heavy atom. The number of thioether (sulfide) groups is 4. The third kappa shape index (κ3) is 22.8. The Kier molecular flexibility index (Phi) is 33.3. The van der Waals surface area contributed by atoms with E-state index >= 15 is 0 Å². The summed E-state index contributed by atoms with van der Waals surface area (Å²) in [5, 5.41) is 0. The molecule has 0 aromatic rings. The molecule has 2 aliphatic rings. The minimum atomic E-state index is 0.0111. The van der Waals surface area contributed by atoms with Crippen LogP contribution in [-0.2, 0) is 0 Å². The van der Waals surface area contributed by atoms with E-state index in [4.69, 9.17) is 0 Å². The molecular weight excluding hydrogens is 1100 g/mol. The maximum atomic E-state index is 2.34. The molecule has 0 aliphatic carbocycles. The van der Waals surface area contributed by atoms with E-state index in [1.54, 1.807) is 26.3 Å². The Bertz CT molecular complexity index is 726. The normalized spacial score (nSPS) is 15.4. The summed E-state index contributed by atoms with van der Waals surface area (Å²) in [6.45, 7) is 9.37. The van der Waals surface area contributed by atoms with Crippen LogP contribution < -0.4 is 0 Å². The first-order chi connectivity index (χ1) is 22.7. The third-order valence-electron chi connectivity index (χ3n) is 8.17. The van der Waals surface area contributed by atoms with Crippen molar-refractivity contribution in [2.24, 2.45) is 0 Å². The first-order valence-electron chi connectivity index (χ1n) is 19.2. The van der Waals surface area contributed by atoms with Crippen molar-refractivity contribution in [3.8, 4) is 0 Å². The molecule has 2 heterocycles. The van der Waals surface area contributed by atoms with Crippen LogP contribution in [0.15, 0.2) is 20.3 Å². The molecule has 0 bridgehead atoms. The predicted octanol–water partition coefficient (Wildman–Crippen LogP) is 15.3. The molecule has 2 aliphatic heterocycles. The minimum absolute atomic E-state index is 0.0111. The summed E-state index contributed by atoms with van der Waals surface area (Å²) in [5.41, 5.74) is 0. The Labute approximate surface area is 345 Å². The molecule has 0 N–H and O–H groups in total. The van der Waals surface area contributed by atoms with Crippen molar-refractivity contribution in [1.29, 1.82) is 0 Å². The summed E-state index contributed by atoms with van der Waals surface area (Å²) < 4.78 is 17.6. The van der Waals surface area contributed by atoms with E-state index in [0.29, 0.717) is 0 Å². The molecule has 0 spiro atoms. The quantitative estimate of drug-likeness (QED) is 0.0486. The van der Waals surface area contributed by atoms with Crippen LogP contribution in [0.1, 0.15) is 182 Å². The Balaban J connectivity index is 1.96. The average molecular weight is 1160 g/mol. The van der Waals surface area contributed by atoms with Crippen LogP contribution in [0.4, 0.5) is 0 Å². The number of hydrogen-bond donors (Lipinski definition) is 0. The number of hydrogen-bond acceptors (Lipinski definition) is 4. The molecule has 0 amide bonds. The standard InChI is InChI=1S/C38H68S4Te4/c1-5-9-13-17-21-25-29-43-35-36(44-30-26-22-18-14-10-6-2)40-33(39-35)34-41-37(45-31-27-23-19-15-11-7-3)38(42-34)46-32-28-24-20-16-12-8-4/h5-32H2,1-4H3. The fraction of sp³-hybridized carbons (Fsp3) is 0.842. The van der Waals surface area contributed by atoms with Crippen LogP contribution in [0.2, 0.25) is 17.9 Å². The summed E-state index contributed by atoms with van der Waals surface area (Å²) in [4.78, 5) is 0. The third-order valence-corrected chi connectivity index (χ3v) is 34.1. The van der Waals surface area contributed by atoms with Gasteiger partial charge in [-0.3, -0.25) is 0 Å². The molecule has 0 saturated heterocycles. The molecule has 0 fully saturated rings. The van der Waals surface area contributed by atoms with Gasteiger partial charge in [-0.05, 0) is 0 Å². The average Bonchev–Trinajstić information content (AvgIpc) is 3.66. The van der Waals surface area contributed by atoms with Gasteiger partial charge < -0.3 is 0 Å². The van der Waals surface area contributed by atoms with Gasteiger partial charge in [0.1, 0.15) is 0 Å². The van der Waals surface area contributed by atoms with Crippen LogP contribution in [0, 0.1) is 0 Å². The molecule has 0 unspecified atom stereocenters. The SMILES string of the molecule is CCCCCCCC[Te]C1=C([Te]CCCCCCCC)SC(=C2SC([Te]CCCCCCCC)=C([Te]CCCCCCCC)S2)S1. The summed E-state index contributed by atoms with van der Waals surface area (Å²) in [7, 11) is 0. The van der Waals surface area contributed by atoms with Gasteiger partial charge in [-0.25, -0.2) is 0 Å². The van der Waals surface area contributed by atoms with Gasteiger partial charge in [0.25, 0.3) is 0 Å². The van der Waals surface area contributed by atoms with Crippen LogP contribution in [-0.4, -0.2) is 83.7 Å². The second kappa shape index (κ2) is 33.4. The maximum absolute atomic E-state index is 2.34. The van der Waals surface area contributed by atoms with E-state index in [9.17, 15) is 0 Å². The van der Waals surface area contributed by atoms with Crippen molar-refractivity contribution >= 4 is 131 Å². The van der Waals surface area contributed by atoms with Crippen molar-refractivity contribution in [2.45, 2.75) is 200 Å². The molecule has 0 nitrogen and oxygen atoms in total. The summed E-state index contributed by atoms with van der Waals surface area (Å²) >= 11 is 9.32. The van der Waals surface area contributed by atoms with Crippen molar-refractivity contribution in [3.05, 3.63) is 20.3 Å². The van der Waals surface area contributed by atoms with Gasteiger partial charge in [-0.1, -0.05) is 0 Å². The molecule has 8 heteroatoms. The molecule has 0 aromatic carbocycles. The Morgan fingerprint density at radius 2 is 0.478 bits per heavy atom. The summed E-state index contributed by atoms with van der Waals surface area (Å²) in [6, 6.07) is 0. The second-order valence-corrected chi connectivity index (χ2v) is 33.0. The van der Waals surface area contributed by atoms with Gasteiger partial charge in [0.05, 0.1) is 0 Å². The first-order valence-corrected chi connectivity index (χ1v) is 33.7. The molecule has 0 atom stereocenters. The van der Waals surface area contributed by atoms with Crippen molar-refractivity contribution in [3.63, 3.8) is 0 Å². The van der Waals surface area contributed by atoms with Gasteiger partial charge in [-0.2, -0.15) is 0 Å². The first kappa shape index (κ1) is 45.9. The van der Waals surface area contributed by atoms with Gasteiger partial charge in [0.15, 0.2) is 0 Å². The molecule has 0 saturated carbocycles. The van der Waals surface area contributed by atoms with Gasteiger partial charge >= 0.3 is 351 Å². The molecule has 46 heavy (non-hydrogen) atoms. The topological polar surface area (TPSA) is 0 Å². The zero-order valence-corrected chi connectivity index (χ0v) is 42.7. The summed E-state index contributed by atoms with van der Waals surface area (Å²) in [6.07, 6.45) is 35.0. The van der Waals surface area contributed by atoms with Crippen molar-refractivity contribution < 1.29 is 0 Å². The van der Waals surface area contributed by atoms with Crippen molar-refractivity contribution in [2.75, 3.05) is 0 Å². The summed E-state index contributed by atoms with van der Waals surface area (Å²) in [5.74, 6) is 0. The fourth-order valence-electron chi connectivity index (χ4n) is 5.25. The van der Waals surface area contributed by atoms with Gasteiger partial charge in [0, 0.05) is 0 Å². The van der Waals surface area contributed by atoms with E-state index in [1.807, 2.05) is 11.8 Å². The Morgan fingerprint density at radius 1 is 0.283 bits per heavy atom. The van der Waals surface area contributed by atoms with Gasteiger partial charge in [-0.15, -0.1) is 0 Å². The number of unbranched alkanes of at least 4 members (excludes halogenated alkanes) is 20. The zero-order chi connectivity index (χ0) is 32.9. The molecule has 0 radical (unpaired) electrons. The van der Waals surface area contributed by atoms with E-state index < -0.39 is 0 Å². The zero-order valence-electron chi connectivity index (χ0n) is 30.1. The van der Waals surface area contributed by atoms with Crippen LogP contribution >= 0.6 is 47.0 Å². The van der Waals surface area contributed by atoms with E-state index in [1.165, 1.54) is 154 Å². The second-order valence-electron chi connectivity index (χ2n) is 12.6. The van der Waals surface area contributed by atoms with Crippen LogP contribution in [0.25, 0.3) is 0 Å². The van der Waals surface area contributed by atoms with E-state index in [-0.39, 0.29) is 83.7 Å². The van der Waals surface area contributed by atoms with Gasteiger partial charge in [0.2, 0.25) is 0 Å². The number of rotatable bonds is 32. The van der Waals surface area contributed by atoms with Crippen LogP contribution in [0.3, 0.4) is 0 Å². The molecule has 2 rings (SSSR count). The van der Waals surface area contributed by atoms with E-state index in [0.717, 1.165) is 0 Å². The van der Waals surface area contributed by atoms with Crippen LogP contribution in [0.5, 0.6) is 0 Å². The van der Waals surface area contributed by atoms with Crippen molar-refractivity contribution in [1.82, 2.24) is 0 Å². The van der Waals surface area contributed by atoms with E-state index in [2.05, 4.69) is 74.7 Å². The fourth-order valence-corrected chi connectivity index (χ4v) is 33.7. The molecule has 0 aromatic heterocycles.